The maximum atomic E-state index is 11.9. The number of rotatable bonds is 17. The number of hydrogen-bond acceptors (Lipinski definition) is 1. The van der Waals surface area contributed by atoms with Crippen molar-refractivity contribution < 1.29 is 4.39 Å². The fourth-order valence-electron chi connectivity index (χ4n) is 2.82. The smallest absolute Gasteiger partial charge is 0.0894 e. The van der Waals surface area contributed by atoms with Crippen LogP contribution in [0.25, 0.3) is 0 Å². The van der Waals surface area contributed by atoms with Gasteiger partial charge in [0.1, 0.15) is 0 Å². The molecule has 0 heterocycles. The summed E-state index contributed by atoms with van der Waals surface area (Å²) in [6.07, 6.45) is 23.0. The number of hydrogen-bond donors (Lipinski definition) is 1. The molecule has 130 valence electrons. The average Bonchev–Trinajstić information content (AvgIpc) is 2.47. The first-order valence-electron chi connectivity index (χ1n) is 9.47. The quantitative estimate of drug-likeness (QED) is 0.274. The first kappa shape index (κ1) is 23.2. The van der Waals surface area contributed by atoms with E-state index >= 15 is 0 Å². The van der Waals surface area contributed by atoms with E-state index in [2.05, 4.69) is 6.92 Å². The van der Waals surface area contributed by atoms with E-state index in [0.717, 1.165) is 12.8 Å². The molecule has 0 spiro atoms. The van der Waals surface area contributed by atoms with E-state index in [0.29, 0.717) is 0 Å². The van der Waals surface area contributed by atoms with E-state index < -0.39 is 0 Å². The van der Waals surface area contributed by atoms with Crippen molar-refractivity contribution in [2.45, 2.75) is 116 Å². The van der Waals surface area contributed by atoms with Crippen LogP contribution in [0, 0.1) is 0 Å². The molecule has 0 amide bonds. The second kappa shape index (κ2) is 22.2. The molecule has 0 aromatic heterocycles. The van der Waals surface area contributed by atoms with Gasteiger partial charge < -0.3 is 6.15 Å². The van der Waals surface area contributed by atoms with E-state index in [-0.39, 0.29) is 12.8 Å². The zero-order valence-electron chi connectivity index (χ0n) is 14.8. The fraction of sp³-hybridized carbons (Fsp3) is 1.00. The van der Waals surface area contributed by atoms with Crippen LogP contribution in [0.15, 0.2) is 0 Å². The summed E-state index contributed by atoms with van der Waals surface area (Å²) in [6.45, 7) is 2.16. The number of halogens is 1. The second-order valence-corrected chi connectivity index (χ2v) is 6.35. The summed E-state index contributed by atoms with van der Waals surface area (Å²) in [7, 11) is 0. The van der Waals surface area contributed by atoms with Crippen LogP contribution in [0.2, 0.25) is 0 Å². The Morgan fingerprint density at radius 1 is 0.429 bits per heavy atom. The molecule has 0 rings (SSSR count). The Bertz CT molecular complexity index is 144. The second-order valence-electron chi connectivity index (χ2n) is 6.35. The third-order valence-electron chi connectivity index (χ3n) is 4.24. The molecule has 0 aliphatic rings. The average molecular weight is 304 g/mol. The van der Waals surface area contributed by atoms with Crippen molar-refractivity contribution in [3.8, 4) is 0 Å². The highest BCUT2D eigenvalue weighted by Crippen LogP contribution is 2.13. The van der Waals surface area contributed by atoms with Crippen LogP contribution in [-0.2, 0) is 0 Å². The topological polar surface area (TPSA) is 35.0 Å². The Hall–Kier alpha value is -0.110. The molecule has 0 unspecified atom stereocenters. The predicted molar refractivity (Wildman–Crippen MR) is 95.2 cm³/mol. The molecule has 0 radical (unpaired) electrons. The van der Waals surface area contributed by atoms with Crippen LogP contribution in [0.5, 0.6) is 0 Å². The lowest BCUT2D eigenvalue weighted by atomic mass is 10.0. The lowest BCUT2D eigenvalue weighted by molar-refractivity contribution is 0.448. The van der Waals surface area contributed by atoms with E-state index in [1.54, 1.807) is 0 Å². The lowest BCUT2D eigenvalue weighted by Crippen LogP contribution is -1.84. The molecular formula is C19H42FN. The summed E-state index contributed by atoms with van der Waals surface area (Å²) in [5.74, 6) is 0. The van der Waals surface area contributed by atoms with Crippen molar-refractivity contribution in [3.05, 3.63) is 0 Å². The van der Waals surface area contributed by atoms with Crippen LogP contribution in [-0.4, -0.2) is 6.67 Å². The molecule has 21 heavy (non-hydrogen) atoms. The molecule has 0 atom stereocenters. The van der Waals surface area contributed by atoms with Crippen LogP contribution < -0.4 is 6.15 Å². The largest absolute Gasteiger partial charge is 0.344 e. The van der Waals surface area contributed by atoms with Gasteiger partial charge in [-0.2, -0.15) is 0 Å². The van der Waals surface area contributed by atoms with Gasteiger partial charge >= 0.3 is 0 Å². The van der Waals surface area contributed by atoms with Crippen LogP contribution >= 0.6 is 0 Å². The zero-order chi connectivity index (χ0) is 14.7. The standard InChI is InChI=1S/C19H39F.H3N/c1-2-3-4-5-6-7-8-9-10-11-12-13-14-15-16-17-18-19-20;/h2-19H2,1H3;1H3. The molecule has 3 N–H and O–H groups in total. The van der Waals surface area contributed by atoms with Crippen LogP contribution in [0.3, 0.4) is 0 Å². The zero-order valence-corrected chi connectivity index (χ0v) is 14.8. The maximum absolute atomic E-state index is 11.9. The van der Waals surface area contributed by atoms with E-state index in [1.807, 2.05) is 0 Å². The van der Waals surface area contributed by atoms with Gasteiger partial charge in [-0.3, -0.25) is 4.39 Å². The van der Waals surface area contributed by atoms with E-state index in [1.165, 1.54) is 96.3 Å². The number of unbranched alkanes of at least 4 members (excludes halogenated alkanes) is 16. The molecular weight excluding hydrogens is 261 g/mol. The highest BCUT2D eigenvalue weighted by molar-refractivity contribution is 4.50. The predicted octanol–water partition coefficient (Wildman–Crippen LogP) is 7.77. The van der Waals surface area contributed by atoms with Crippen molar-refractivity contribution >= 4 is 0 Å². The molecule has 1 nitrogen and oxygen atoms in total. The summed E-state index contributed by atoms with van der Waals surface area (Å²) in [5, 5.41) is 0. The SMILES string of the molecule is CCCCCCCCCCCCCCCCCCCF.N. The Morgan fingerprint density at radius 2 is 0.667 bits per heavy atom. The van der Waals surface area contributed by atoms with Gasteiger partial charge in [-0.05, 0) is 6.42 Å². The Morgan fingerprint density at radius 3 is 0.905 bits per heavy atom. The Kier molecular flexibility index (Phi) is 24.5. The van der Waals surface area contributed by atoms with Gasteiger partial charge in [0.2, 0.25) is 0 Å². The highest BCUT2D eigenvalue weighted by atomic mass is 19.1. The summed E-state index contributed by atoms with van der Waals surface area (Å²) in [5.41, 5.74) is 0. The molecule has 0 aliphatic heterocycles. The minimum absolute atomic E-state index is 0. The molecule has 0 bridgehead atoms. The van der Waals surface area contributed by atoms with Crippen LogP contribution in [0.4, 0.5) is 4.39 Å². The third-order valence-corrected chi connectivity index (χ3v) is 4.24. The number of alkyl halides is 1. The Balaban J connectivity index is 0. The van der Waals surface area contributed by atoms with E-state index in [9.17, 15) is 4.39 Å². The van der Waals surface area contributed by atoms with Gasteiger partial charge in [0, 0.05) is 0 Å². The Labute approximate surface area is 134 Å². The van der Waals surface area contributed by atoms with Crippen molar-refractivity contribution in [2.75, 3.05) is 6.67 Å². The molecule has 0 aliphatic carbocycles. The van der Waals surface area contributed by atoms with Gasteiger partial charge in [0.25, 0.3) is 0 Å². The van der Waals surface area contributed by atoms with E-state index in [4.69, 9.17) is 0 Å². The maximum Gasteiger partial charge on any atom is 0.0894 e. The summed E-state index contributed by atoms with van der Waals surface area (Å²) in [6, 6.07) is 0. The van der Waals surface area contributed by atoms with Gasteiger partial charge in [0.05, 0.1) is 6.67 Å². The summed E-state index contributed by atoms with van der Waals surface area (Å²) >= 11 is 0. The van der Waals surface area contributed by atoms with Gasteiger partial charge in [-0.15, -0.1) is 0 Å². The molecule has 0 aromatic carbocycles. The lowest BCUT2D eigenvalue weighted by Gasteiger charge is -2.03. The third kappa shape index (κ3) is 22.3. The van der Waals surface area contributed by atoms with Gasteiger partial charge in [-0.25, -0.2) is 0 Å². The minimum atomic E-state index is -0.126. The summed E-state index contributed by atoms with van der Waals surface area (Å²) in [4.78, 5) is 0. The minimum Gasteiger partial charge on any atom is -0.344 e. The summed E-state index contributed by atoms with van der Waals surface area (Å²) < 4.78 is 11.9. The van der Waals surface area contributed by atoms with Crippen molar-refractivity contribution in [1.82, 2.24) is 6.15 Å². The van der Waals surface area contributed by atoms with Crippen molar-refractivity contribution in [1.29, 1.82) is 0 Å². The molecule has 0 saturated heterocycles. The van der Waals surface area contributed by atoms with Crippen molar-refractivity contribution in [3.63, 3.8) is 0 Å². The monoisotopic (exact) mass is 303 g/mol. The normalized spacial score (nSPS) is 10.6. The van der Waals surface area contributed by atoms with Crippen LogP contribution in [0.1, 0.15) is 116 Å². The molecule has 0 aromatic rings. The van der Waals surface area contributed by atoms with Gasteiger partial charge in [-0.1, -0.05) is 110 Å². The van der Waals surface area contributed by atoms with Gasteiger partial charge in [0.15, 0.2) is 0 Å². The first-order chi connectivity index (χ1) is 9.91. The molecule has 0 saturated carbocycles. The molecule has 2 heteroatoms. The highest BCUT2D eigenvalue weighted by Gasteiger charge is 1.94. The molecule has 0 fully saturated rings. The van der Waals surface area contributed by atoms with Crippen molar-refractivity contribution in [2.24, 2.45) is 0 Å². The first-order valence-corrected chi connectivity index (χ1v) is 9.47. The fourth-order valence-corrected chi connectivity index (χ4v) is 2.82.